The number of para-hydroxylation sites is 1. The molecule has 0 radical (unpaired) electrons. The van der Waals surface area contributed by atoms with Gasteiger partial charge in [-0.2, -0.15) is 0 Å². The number of nitrogens with one attached hydrogen (secondary N) is 1. The van der Waals surface area contributed by atoms with E-state index in [1.807, 2.05) is 0 Å². The Morgan fingerprint density at radius 2 is 1.81 bits per heavy atom. The Morgan fingerprint density at radius 3 is 2.43 bits per heavy atom. The van der Waals surface area contributed by atoms with Crippen molar-refractivity contribution in [1.82, 2.24) is 0 Å². The van der Waals surface area contributed by atoms with E-state index in [0.717, 1.165) is 6.26 Å². The molecule has 0 bridgehead atoms. The number of halogens is 1. The van der Waals surface area contributed by atoms with Crippen LogP contribution in [0, 0.1) is 12.7 Å². The average Bonchev–Trinajstić information content (AvgIpc) is 2.41. The van der Waals surface area contributed by atoms with Crippen LogP contribution >= 0.6 is 0 Å². The number of carbonyl (C=O) groups excluding carboxylic acids is 1. The van der Waals surface area contributed by atoms with Crippen LogP contribution in [-0.2, 0) is 9.84 Å². The van der Waals surface area contributed by atoms with Gasteiger partial charge in [-0.3, -0.25) is 4.79 Å². The highest BCUT2D eigenvalue weighted by molar-refractivity contribution is 7.90. The zero-order chi connectivity index (χ0) is 15.6. The van der Waals surface area contributed by atoms with Crippen molar-refractivity contribution in [2.24, 2.45) is 0 Å². The molecule has 0 aliphatic rings. The molecular formula is C15H14FNO3S. The molecule has 110 valence electrons. The molecule has 0 heterocycles. The lowest BCUT2D eigenvalue weighted by atomic mass is 10.1. The minimum Gasteiger partial charge on any atom is -0.321 e. The topological polar surface area (TPSA) is 63.2 Å². The minimum absolute atomic E-state index is 0.0391. The van der Waals surface area contributed by atoms with Crippen LogP contribution < -0.4 is 5.32 Å². The molecule has 0 fully saturated rings. The van der Waals surface area contributed by atoms with Crippen molar-refractivity contribution in [3.05, 3.63) is 59.4 Å². The summed E-state index contributed by atoms with van der Waals surface area (Å²) in [5, 5.41) is 2.54. The summed E-state index contributed by atoms with van der Waals surface area (Å²) in [6, 6.07) is 10.1. The van der Waals surface area contributed by atoms with Crippen LogP contribution in [0.15, 0.2) is 47.4 Å². The quantitative estimate of drug-likeness (QED) is 0.948. The zero-order valence-electron chi connectivity index (χ0n) is 11.6. The molecule has 0 atom stereocenters. The molecule has 0 unspecified atom stereocenters. The summed E-state index contributed by atoms with van der Waals surface area (Å²) in [7, 11) is -3.45. The van der Waals surface area contributed by atoms with Gasteiger partial charge in [0, 0.05) is 11.8 Å². The number of hydrogen-bond donors (Lipinski definition) is 1. The van der Waals surface area contributed by atoms with Gasteiger partial charge in [0.15, 0.2) is 9.84 Å². The van der Waals surface area contributed by atoms with Gasteiger partial charge in [0.2, 0.25) is 0 Å². The summed E-state index contributed by atoms with van der Waals surface area (Å²) in [6.07, 6.45) is 1.07. The Hall–Kier alpha value is -2.21. The Labute approximate surface area is 122 Å². The standard InChI is InChI=1S/C15H14FNO3S/c1-10-9-11(7-8-12(10)16)15(18)17-13-5-3-4-6-14(13)21(2,19)20/h3-9H,1-2H3,(H,17,18). The van der Waals surface area contributed by atoms with Crippen LogP contribution in [0.2, 0.25) is 0 Å². The highest BCUT2D eigenvalue weighted by atomic mass is 32.2. The lowest BCUT2D eigenvalue weighted by molar-refractivity contribution is 0.102. The molecule has 1 amide bonds. The van der Waals surface area contributed by atoms with Crippen molar-refractivity contribution in [1.29, 1.82) is 0 Å². The Kier molecular flexibility index (Phi) is 4.09. The smallest absolute Gasteiger partial charge is 0.255 e. The van der Waals surface area contributed by atoms with Crippen molar-refractivity contribution in [2.75, 3.05) is 11.6 Å². The molecule has 0 spiro atoms. The molecule has 2 rings (SSSR count). The largest absolute Gasteiger partial charge is 0.321 e. The predicted molar refractivity (Wildman–Crippen MR) is 78.6 cm³/mol. The molecule has 21 heavy (non-hydrogen) atoms. The fourth-order valence-corrected chi connectivity index (χ4v) is 2.72. The van der Waals surface area contributed by atoms with Gasteiger partial charge in [-0.15, -0.1) is 0 Å². The molecule has 2 aromatic carbocycles. The molecule has 0 aliphatic heterocycles. The minimum atomic E-state index is -3.45. The van der Waals surface area contributed by atoms with Crippen molar-refractivity contribution in [3.8, 4) is 0 Å². The van der Waals surface area contributed by atoms with E-state index in [4.69, 9.17) is 0 Å². The summed E-state index contributed by atoms with van der Waals surface area (Å²) in [5.74, 6) is -0.891. The Balaban J connectivity index is 2.34. The Bertz CT molecular complexity index is 800. The van der Waals surface area contributed by atoms with Gasteiger partial charge >= 0.3 is 0 Å². The van der Waals surface area contributed by atoms with Gasteiger partial charge in [-0.05, 0) is 42.8 Å². The van der Waals surface area contributed by atoms with Crippen LogP contribution in [0.4, 0.5) is 10.1 Å². The van der Waals surface area contributed by atoms with E-state index in [1.54, 1.807) is 19.1 Å². The summed E-state index contributed by atoms with van der Waals surface area (Å²) in [6.45, 7) is 1.55. The average molecular weight is 307 g/mol. The Morgan fingerprint density at radius 1 is 1.14 bits per heavy atom. The van der Waals surface area contributed by atoms with Crippen molar-refractivity contribution in [2.45, 2.75) is 11.8 Å². The van der Waals surface area contributed by atoms with Crippen molar-refractivity contribution >= 4 is 21.4 Å². The van der Waals surface area contributed by atoms with Crippen LogP contribution in [0.1, 0.15) is 15.9 Å². The lowest BCUT2D eigenvalue weighted by Crippen LogP contribution is -2.14. The number of anilines is 1. The fraction of sp³-hybridized carbons (Fsp3) is 0.133. The molecule has 4 nitrogen and oxygen atoms in total. The first-order valence-corrected chi connectivity index (χ1v) is 8.05. The number of carbonyl (C=O) groups is 1. The first-order valence-electron chi connectivity index (χ1n) is 6.15. The number of aryl methyl sites for hydroxylation is 1. The van der Waals surface area contributed by atoms with Gasteiger partial charge in [0.25, 0.3) is 5.91 Å². The summed E-state index contributed by atoms with van der Waals surface area (Å²) >= 11 is 0. The SMILES string of the molecule is Cc1cc(C(=O)Nc2ccccc2S(C)(=O)=O)ccc1F. The number of hydrogen-bond acceptors (Lipinski definition) is 3. The lowest BCUT2D eigenvalue weighted by Gasteiger charge is -2.10. The normalized spacial score (nSPS) is 11.2. The highest BCUT2D eigenvalue weighted by Crippen LogP contribution is 2.21. The molecule has 1 N–H and O–H groups in total. The summed E-state index contributed by atoms with van der Waals surface area (Å²) in [5.41, 5.74) is 0.809. The van der Waals surface area contributed by atoms with E-state index in [2.05, 4.69) is 5.32 Å². The first-order chi connectivity index (χ1) is 9.79. The third kappa shape index (κ3) is 3.46. The number of sulfone groups is 1. The van der Waals surface area contributed by atoms with Crippen LogP contribution in [-0.4, -0.2) is 20.6 Å². The van der Waals surface area contributed by atoms with Crippen molar-refractivity contribution < 1.29 is 17.6 Å². The van der Waals surface area contributed by atoms with Gasteiger partial charge in [0.05, 0.1) is 10.6 Å². The third-order valence-electron chi connectivity index (χ3n) is 2.95. The van der Waals surface area contributed by atoms with Crippen molar-refractivity contribution in [3.63, 3.8) is 0 Å². The molecule has 0 aromatic heterocycles. The molecule has 0 aliphatic carbocycles. The highest BCUT2D eigenvalue weighted by Gasteiger charge is 2.15. The summed E-state index contributed by atoms with van der Waals surface area (Å²) < 4.78 is 36.5. The van der Waals surface area contributed by atoms with E-state index in [-0.39, 0.29) is 16.1 Å². The van der Waals surface area contributed by atoms with Gasteiger partial charge in [-0.1, -0.05) is 12.1 Å². The van der Waals surface area contributed by atoms with Crippen LogP contribution in [0.3, 0.4) is 0 Å². The third-order valence-corrected chi connectivity index (χ3v) is 4.11. The first kappa shape index (κ1) is 15.2. The summed E-state index contributed by atoms with van der Waals surface area (Å²) in [4.78, 5) is 12.2. The molecule has 0 saturated carbocycles. The maximum atomic E-state index is 13.2. The number of rotatable bonds is 3. The number of amides is 1. The predicted octanol–water partition coefficient (Wildman–Crippen LogP) is 2.79. The van der Waals surface area contributed by atoms with Gasteiger partial charge in [-0.25, -0.2) is 12.8 Å². The maximum Gasteiger partial charge on any atom is 0.255 e. The van der Waals surface area contributed by atoms with E-state index in [0.29, 0.717) is 5.56 Å². The van der Waals surface area contributed by atoms with E-state index in [1.165, 1.54) is 30.3 Å². The monoisotopic (exact) mass is 307 g/mol. The van der Waals surface area contributed by atoms with Gasteiger partial charge in [0.1, 0.15) is 5.82 Å². The van der Waals surface area contributed by atoms with E-state index in [9.17, 15) is 17.6 Å². The van der Waals surface area contributed by atoms with Crippen LogP contribution in [0.5, 0.6) is 0 Å². The second kappa shape index (κ2) is 5.65. The fourth-order valence-electron chi connectivity index (χ4n) is 1.87. The van der Waals surface area contributed by atoms with E-state index >= 15 is 0 Å². The molecule has 6 heteroatoms. The molecular weight excluding hydrogens is 293 g/mol. The second-order valence-corrected chi connectivity index (χ2v) is 6.67. The van der Waals surface area contributed by atoms with Gasteiger partial charge < -0.3 is 5.32 Å². The number of benzene rings is 2. The van der Waals surface area contributed by atoms with E-state index < -0.39 is 21.6 Å². The second-order valence-electron chi connectivity index (χ2n) is 4.69. The molecule has 0 saturated heterocycles. The van der Waals surface area contributed by atoms with Crippen LogP contribution in [0.25, 0.3) is 0 Å². The maximum absolute atomic E-state index is 13.2. The molecule has 2 aromatic rings. The zero-order valence-corrected chi connectivity index (χ0v) is 12.4.